The highest BCUT2D eigenvalue weighted by Gasteiger charge is 1.92. The Bertz CT molecular complexity index is 168. The maximum absolute atomic E-state index is 10.3. The molecule has 48 valence electrons. The van der Waals surface area contributed by atoms with Crippen molar-refractivity contribution in [3.05, 3.63) is 11.6 Å². The van der Waals surface area contributed by atoms with E-state index in [2.05, 4.69) is 11.9 Å². The van der Waals surface area contributed by atoms with Gasteiger partial charge in [-0.05, 0) is 5.92 Å². The number of hydrogen-bond donors (Lipinski definition) is 1. The molecule has 0 heterocycles. The van der Waals surface area contributed by atoms with E-state index in [1.165, 1.54) is 0 Å². The number of halogens is 1. The van der Waals surface area contributed by atoms with Crippen LogP contribution in [0.5, 0.6) is 0 Å². The molecule has 0 bridgehead atoms. The molecule has 0 aliphatic heterocycles. The molecule has 0 aliphatic rings. The molecule has 0 saturated carbocycles. The van der Waals surface area contributed by atoms with E-state index >= 15 is 0 Å². The zero-order valence-electron chi connectivity index (χ0n) is 4.78. The molecular formula is C6H6ClNO. The molecule has 0 aromatic carbocycles. The predicted octanol–water partition coefficient (Wildman–Crippen LogP) is 0.488. The Morgan fingerprint density at radius 2 is 2.44 bits per heavy atom. The fraction of sp³-hybridized carbons (Fsp3) is 0.167. The van der Waals surface area contributed by atoms with Gasteiger partial charge in [0, 0.05) is 5.03 Å². The Morgan fingerprint density at radius 3 is 2.78 bits per heavy atom. The first-order valence-corrected chi connectivity index (χ1v) is 2.62. The van der Waals surface area contributed by atoms with Gasteiger partial charge in [-0.15, -0.1) is 6.42 Å². The van der Waals surface area contributed by atoms with E-state index < -0.39 is 5.91 Å². The summed E-state index contributed by atoms with van der Waals surface area (Å²) in [5.41, 5.74) is 0. The van der Waals surface area contributed by atoms with Crippen molar-refractivity contribution in [1.29, 1.82) is 0 Å². The van der Waals surface area contributed by atoms with E-state index in [1.54, 1.807) is 0 Å². The van der Waals surface area contributed by atoms with E-state index in [1.807, 2.05) is 5.92 Å². The van der Waals surface area contributed by atoms with Crippen molar-refractivity contribution >= 4 is 17.5 Å². The molecule has 3 heteroatoms. The lowest BCUT2D eigenvalue weighted by Gasteiger charge is -1.94. The van der Waals surface area contributed by atoms with Gasteiger partial charge >= 0.3 is 0 Å². The van der Waals surface area contributed by atoms with Crippen LogP contribution < -0.4 is 5.32 Å². The zero-order chi connectivity index (χ0) is 7.28. The Balaban J connectivity index is 3.43. The highest BCUT2D eigenvalue weighted by atomic mass is 35.5. The Labute approximate surface area is 58.9 Å². The van der Waals surface area contributed by atoms with E-state index in [-0.39, 0.29) is 6.54 Å². The summed E-state index contributed by atoms with van der Waals surface area (Å²) in [5.74, 6) is 1.40. The lowest BCUT2D eigenvalue weighted by Crippen LogP contribution is -2.22. The summed E-state index contributed by atoms with van der Waals surface area (Å²) >= 11 is 5.30. The van der Waals surface area contributed by atoms with Gasteiger partial charge in [0.15, 0.2) is 0 Å². The normalized spacial score (nSPS) is 7.56. The Hall–Kier alpha value is -0.940. The maximum Gasteiger partial charge on any atom is 0.295 e. The maximum atomic E-state index is 10.3. The number of amides is 1. The molecule has 0 radical (unpaired) electrons. The first-order chi connectivity index (χ1) is 4.16. The van der Waals surface area contributed by atoms with E-state index in [9.17, 15) is 4.79 Å². The van der Waals surface area contributed by atoms with Gasteiger partial charge in [0.05, 0.1) is 6.54 Å². The van der Waals surface area contributed by atoms with Crippen LogP contribution >= 0.6 is 11.6 Å². The monoisotopic (exact) mass is 143 g/mol. The number of hydrogen-bond acceptors (Lipinski definition) is 1. The van der Waals surface area contributed by atoms with Gasteiger partial charge in [0.2, 0.25) is 0 Å². The third kappa shape index (κ3) is 4.92. The number of carbonyl (C=O) groups is 1. The molecule has 0 fully saturated rings. The second-order valence-corrected chi connectivity index (χ2v) is 1.88. The van der Waals surface area contributed by atoms with Crippen molar-refractivity contribution in [2.45, 2.75) is 0 Å². The van der Waals surface area contributed by atoms with Gasteiger partial charge < -0.3 is 5.32 Å². The largest absolute Gasteiger partial charge is 0.340 e. The molecule has 9 heavy (non-hydrogen) atoms. The van der Waals surface area contributed by atoms with E-state index in [0.717, 1.165) is 0 Å². The third-order valence-electron chi connectivity index (χ3n) is 0.572. The van der Waals surface area contributed by atoms with Gasteiger partial charge in [-0.1, -0.05) is 18.2 Å². The third-order valence-corrected chi connectivity index (χ3v) is 0.705. The van der Waals surface area contributed by atoms with Gasteiger partial charge in [-0.2, -0.15) is 0 Å². The highest BCUT2D eigenvalue weighted by molar-refractivity contribution is 6.29. The summed E-state index contributed by atoms with van der Waals surface area (Å²) in [4.78, 5) is 10.3. The van der Waals surface area contributed by atoms with Gasteiger partial charge in [-0.25, -0.2) is 0 Å². The van der Waals surface area contributed by atoms with Crippen LogP contribution in [0.3, 0.4) is 0 Å². The molecule has 1 N–H and O–H groups in total. The van der Waals surface area contributed by atoms with Crippen LogP contribution in [0.15, 0.2) is 11.6 Å². The fourth-order valence-electron chi connectivity index (χ4n) is 0.227. The highest BCUT2D eigenvalue weighted by Crippen LogP contribution is 1.90. The van der Waals surface area contributed by atoms with E-state index in [4.69, 9.17) is 18.0 Å². The first-order valence-electron chi connectivity index (χ1n) is 2.24. The standard InChI is InChI=1S/C6H6ClNO/c1-3-6(9)8-4-5(2)7/h1H,2,4H2,(H,8,9). The summed E-state index contributed by atoms with van der Waals surface area (Å²) in [6.07, 6.45) is 4.72. The fourth-order valence-corrected chi connectivity index (χ4v) is 0.294. The minimum Gasteiger partial charge on any atom is -0.340 e. The summed E-state index contributed by atoms with van der Waals surface area (Å²) in [5, 5.41) is 2.69. The van der Waals surface area contributed by atoms with Crippen LogP contribution in [-0.2, 0) is 4.79 Å². The number of terminal acetylenes is 1. The van der Waals surface area contributed by atoms with Crippen molar-refractivity contribution < 1.29 is 4.79 Å². The van der Waals surface area contributed by atoms with Crippen LogP contribution in [0.25, 0.3) is 0 Å². The van der Waals surface area contributed by atoms with E-state index in [0.29, 0.717) is 5.03 Å². The second kappa shape index (κ2) is 3.99. The second-order valence-electron chi connectivity index (χ2n) is 1.34. The molecule has 0 atom stereocenters. The van der Waals surface area contributed by atoms with Gasteiger partial charge in [0.25, 0.3) is 5.91 Å². The van der Waals surface area contributed by atoms with Crippen LogP contribution in [0.2, 0.25) is 0 Å². The van der Waals surface area contributed by atoms with Gasteiger partial charge in [-0.3, -0.25) is 4.79 Å². The van der Waals surface area contributed by atoms with Gasteiger partial charge in [0.1, 0.15) is 0 Å². The summed E-state index contributed by atoms with van der Waals surface area (Å²) in [7, 11) is 0. The topological polar surface area (TPSA) is 29.1 Å². The molecule has 0 aromatic rings. The summed E-state index contributed by atoms with van der Waals surface area (Å²) in [6, 6.07) is 0. The molecule has 0 aliphatic carbocycles. The van der Waals surface area contributed by atoms with Crippen molar-refractivity contribution in [1.82, 2.24) is 5.32 Å². The molecule has 0 unspecified atom stereocenters. The quantitative estimate of drug-likeness (QED) is 0.560. The molecule has 0 aromatic heterocycles. The minimum atomic E-state index is -0.475. The van der Waals surface area contributed by atoms with Crippen LogP contribution in [0.1, 0.15) is 0 Å². The lowest BCUT2D eigenvalue weighted by molar-refractivity contribution is -0.115. The molecule has 1 amide bonds. The van der Waals surface area contributed by atoms with Crippen LogP contribution in [0, 0.1) is 12.3 Å². The van der Waals surface area contributed by atoms with Crippen molar-refractivity contribution in [3.63, 3.8) is 0 Å². The lowest BCUT2D eigenvalue weighted by atomic mass is 10.5. The number of carbonyl (C=O) groups excluding carboxylic acids is 1. The average Bonchev–Trinajstić information content (AvgIpc) is 1.83. The molecule has 0 rings (SSSR count). The van der Waals surface area contributed by atoms with Crippen molar-refractivity contribution in [3.8, 4) is 12.3 Å². The molecular weight excluding hydrogens is 138 g/mol. The summed E-state index contributed by atoms with van der Waals surface area (Å²) in [6.45, 7) is 3.57. The predicted molar refractivity (Wildman–Crippen MR) is 36.8 cm³/mol. The summed E-state index contributed by atoms with van der Waals surface area (Å²) < 4.78 is 0. The number of nitrogens with one attached hydrogen (secondary N) is 1. The smallest absolute Gasteiger partial charge is 0.295 e. The average molecular weight is 144 g/mol. The van der Waals surface area contributed by atoms with Crippen LogP contribution in [-0.4, -0.2) is 12.5 Å². The van der Waals surface area contributed by atoms with Crippen molar-refractivity contribution in [2.24, 2.45) is 0 Å². The Morgan fingerprint density at radius 1 is 1.89 bits per heavy atom. The number of rotatable bonds is 2. The van der Waals surface area contributed by atoms with Crippen molar-refractivity contribution in [2.75, 3.05) is 6.54 Å². The minimum absolute atomic E-state index is 0.227. The SMILES string of the molecule is C#CC(=O)NCC(=C)Cl. The molecule has 2 nitrogen and oxygen atoms in total. The molecule has 0 saturated heterocycles. The zero-order valence-corrected chi connectivity index (χ0v) is 5.53. The molecule has 0 spiro atoms. The Kier molecular flexibility index (Phi) is 3.57. The first kappa shape index (κ1) is 8.06. The van der Waals surface area contributed by atoms with Crippen LogP contribution in [0.4, 0.5) is 0 Å².